The Balaban J connectivity index is 2.77. The molecule has 15 heavy (non-hydrogen) atoms. The van der Waals surface area contributed by atoms with Gasteiger partial charge >= 0.3 is 5.97 Å². The first-order valence-electron chi connectivity index (χ1n) is 4.41. The maximum absolute atomic E-state index is 10.3. The number of aromatic hydroxyl groups is 1. The van der Waals surface area contributed by atoms with E-state index in [1.54, 1.807) is 12.1 Å². The zero-order valence-electron chi connectivity index (χ0n) is 8.14. The van der Waals surface area contributed by atoms with Crippen LogP contribution in [0.25, 0.3) is 0 Å². The zero-order valence-corrected chi connectivity index (χ0v) is 8.14. The molecule has 0 aliphatic rings. The highest BCUT2D eigenvalue weighted by atomic mass is 16.5. The summed E-state index contributed by atoms with van der Waals surface area (Å²) in [5.74, 6) is -0.460. The summed E-state index contributed by atoms with van der Waals surface area (Å²) < 4.78 is 4.96. The molecule has 0 atom stereocenters. The first kappa shape index (κ1) is 11.1. The van der Waals surface area contributed by atoms with Gasteiger partial charge < -0.3 is 14.9 Å². The van der Waals surface area contributed by atoms with Gasteiger partial charge in [-0.2, -0.15) is 0 Å². The second kappa shape index (κ2) is 5.05. The second-order valence-electron chi connectivity index (χ2n) is 2.97. The fourth-order valence-corrected chi connectivity index (χ4v) is 1.12. The smallest absolute Gasteiger partial charge is 0.341 e. The van der Waals surface area contributed by atoms with Crippen molar-refractivity contribution >= 4 is 5.97 Å². The fourth-order valence-electron chi connectivity index (χ4n) is 1.12. The van der Waals surface area contributed by atoms with Gasteiger partial charge in [0.15, 0.2) is 6.61 Å². The van der Waals surface area contributed by atoms with Crippen molar-refractivity contribution in [2.24, 2.45) is 0 Å². The average molecular weight is 208 g/mol. The summed E-state index contributed by atoms with van der Waals surface area (Å²) in [6.45, 7) is 3.16. The fraction of sp³-hybridized carbons (Fsp3) is 0.182. The lowest BCUT2D eigenvalue weighted by Gasteiger charge is -2.06. The molecule has 4 nitrogen and oxygen atoms in total. The largest absolute Gasteiger partial charge is 0.508 e. The van der Waals surface area contributed by atoms with E-state index in [1.165, 1.54) is 12.1 Å². The number of ether oxygens (including phenoxy) is 1. The highest BCUT2D eigenvalue weighted by Crippen LogP contribution is 2.23. The highest BCUT2D eigenvalue weighted by Gasteiger charge is 2.03. The maximum Gasteiger partial charge on any atom is 0.341 e. The zero-order chi connectivity index (χ0) is 11.3. The molecule has 0 fully saturated rings. The van der Waals surface area contributed by atoms with E-state index in [2.05, 4.69) is 6.58 Å². The average Bonchev–Trinajstić information content (AvgIpc) is 2.19. The number of carboxylic acids is 1. The molecule has 4 heteroatoms. The molecule has 2 N–H and O–H groups in total. The van der Waals surface area contributed by atoms with E-state index in [0.717, 1.165) is 0 Å². The number of phenols is 1. The summed E-state index contributed by atoms with van der Waals surface area (Å²) in [6, 6.07) is 4.58. The summed E-state index contributed by atoms with van der Waals surface area (Å²) in [5.41, 5.74) is 0.660. The van der Waals surface area contributed by atoms with Crippen LogP contribution in [0.15, 0.2) is 30.9 Å². The Morgan fingerprint density at radius 2 is 2.27 bits per heavy atom. The summed E-state index contributed by atoms with van der Waals surface area (Å²) in [5, 5.41) is 17.8. The Kier molecular flexibility index (Phi) is 3.74. The number of hydrogen-bond acceptors (Lipinski definition) is 3. The minimum Gasteiger partial charge on any atom is -0.508 e. The second-order valence-corrected chi connectivity index (χ2v) is 2.97. The molecule has 0 amide bonds. The predicted octanol–water partition coefficient (Wildman–Crippen LogP) is 1.58. The number of allylic oxidation sites excluding steroid dienone is 1. The summed E-state index contributed by atoms with van der Waals surface area (Å²) in [4.78, 5) is 10.3. The van der Waals surface area contributed by atoms with Crippen molar-refractivity contribution in [2.75, 3.05) is 6.61 Å². The highest BCUT2D eigenvalue weighted by molar-refractivity contribution is 5.68. The van der Waals surface area contributed by atoms with Gasteiger partial charge in [0.2, 0.25) is 0 Å². The lowest BCUT2D eigenvalue weighted by atomic mass is 10.1. The van der Waals surface area contributed by atoms with E-state index < -0.39 is 12.6 Å². The molecule has 80 valence electrons. The lowest BCUT2D eigenvalue weighted by molar-refractivity contribution is -0.139. The Labute approximate surface area is 87.4 Å². The summed E-state index contributed by atoms with van der Waals surface area (Å²) in [6.07, 6.45) is 2.16. The van der Waals surface area contributed by atoms with Crippen LogP contribution in [0.1, 0.15) is 5.56 Å². The van der Waals surface area contributed by atoms with Gasteiger partial charge in [-0.25, -0.2) is 4.79 Å². The van der Waals surface area contributed by atoms with E-state index in [1.807, 2.05) is 0 Å². The number of rotatable bonds is 5. The van der Waals surface area contributed by atoms with Crippen molar-refractivity contribution < 1.29 is 19.7 Å². The Morgan fingerprint density at radius 1 is 1.53 bits per heavy atom. The van der Waals surface area contributed by atoms with E-state index in [9.17, 15) is 9.90 Å². The van der Waals surface area contributed by atoms with Crippen LogP contribution in [-0.2, 0) is 11.2 Å². The van der Waals surface area contributed by atoms with Crippen molar-refractivity contribution in [3.05, 3.63) is 36.4 Å². The molecular formula is C11H12O4. The number of carbonyl (C=O) groups is 1. The molecule has 0 unspecified atom stereocenters. The molecule has 0 aliphatic heterocycles. The molecule has 0 bridgehead atoms. The van der Waals surface area contributed by atoms with Crippen molar-refractivity contribution in [2.45, 2.75) is 6.42 Å². The lowest BCUT2D eigenvalue weighted by Crippen LogP contribution is -2.09. The van der Waals surface area contributed by atoms with Crippen LogP contribution in [0.2, 0.25) is 0 Å². The van der Waals surface area contributed by atoms with Gasteiger partial charge in [0, 0.05) is 5.56 Å². The molecule has 0 aromatic heterocycles. The van der Waals surface area contributed by atoms with Gasteiger partial charge in [0.25, 0.3) is 0 Å². The normalized spacial score (nSPS) is 9.60. The van der Waals surface area contributed by atoms with Crippen LogP contribution >= 0.6 is 0 Å². The number of hydrogen-bond donors (Lipinski definition) is 2. The quantitative estimate of drug-likeness (QED) is 0.721. The third-order valence-electron chi connectivity index (χ3n) is 1.78. The summed E-state index contributed by atoms with van der Waals surface area (Å²) >= 11 is 0. The minimum atomic E-state index is -1.03. The molecule has 1 aromatic rings. The first-order valence-corrected chi connectivity index (χ1v) is 4.41. The van der Waals surface area contributed by atoms with Crippen molar-refractivity contribution in [1.29, 1.82) is 0 Å². The van der Waals surface area contributed by atoms with Gasteiger partial charge in [-0.15, -0.1) is 6.58 Å². The van der Waals surface area contributed by atoms with Gasteiger partial charge in [-0.1, -0.05) is 6.08 Å². The van der Waals surface area contributed by atoms with Crippen LogP contribution in [0.3, 0.4) is 0 Å². The third kappa shape index (κ3) is 3.34. The monoisotopic (exact) mass is 208 g/mol. The first-order chi connectivity index (χ1) is 7.13. The molecule has 0 saturated carbocycles. The number of phenolic OH excluding ortho intramolecular Hbond substituents is 1. The van der Waals surface area contributed by atoms with E-state index in [-0.39, 0.29) is 5.75 Å². The Morgan fingerprint density at radius 3 is 2.87 bits per heavy atom. The molecular weight excluding hydrogens is 196 g/mol. The minimum absolute atomic E-state index is 0.151. The number of carboxylic acid groups (broad SMARTS) is 1. The Hall–Kier alpha value is -1.97. The predicted molar refractivity (Wildman–Crippen MR) is 55.1 cm³/mol. The molecule has 0 radical (unpaired) electrons. The van der Waals surface area contributed by atoms with E-state index in [0.29, 0.717) is 17.7 Å². The summed E-state index contributed by atoms with van der Waals surface area (Å²) in [7, 11) is 0. The third-order valence-corrected chi connectivity index (χ3v) is 1.78. The number of aliphatic carboxylic acids is 1. The molecule has 0 spiro atoms. The van der Waals surface area contributed by atoms with Gasteiger partial charge in [0.05, 0.1) is 0 Å². The van der Waals surface area contributed by atoms with Crippen molar-refractivity contribution in [3.8, 4) is 11.5 Å². The van der Waals surface area contributed by atoms with Crippen molar-refractivity contribution in [3.63, 3.8) is 0 Å². The van der Waals surface area contributed by atoms with E-state index >= 15 is 0 Å². The van der Waals surface area contributed by atoms with E-state index in [4.69, 9.17) is 9.84 Å². The molecule has 0 aliphatic carbocycles. The van der Waals surface area contributed by atoms with Crippen molar-refractivity contribution in [1.82, 2.24) is 0 Å². The van der Waals surface area contributed by atoms with Crippen LogP contribution < -0.4 is 4.74 Å². The van der Waals surface area contributed by atoms with Gasteiger partial charge in [0.1, 0.15) is 11.5 Å². The SMILES string of the molecule is C=CCc1cc(OCC(=O)O)ccc1O. The molecule has 1 rings (SSSR count). The van der Waals surface area contributed by atoms with Gasteiger partial charge in [-0.05, 0) is 24.6 Å². The molecule has 0 saturated heterocycles. The maximum atomic E-state index is 10.3. The molecule has 0 heterocycles. The topological polar surface area (TPSA) is 66.8 Å². The van der Waals surface area contributed by atoms with Crippen LogP contribution in [-0.4, -0.2) is 22.8 Å². The molecule has 1 aromatic carbocycles. The van der Waals surface area contributed by atoms with Gasteiger partial charge in [-0.3, -0.25) is 0 Å². The standard InChI is InChI=1S/C11H12O4/c1-2-3-8-6-9(4-5-10(8)12)15-7-11(13)14/h2,4-6,12H,1,3,7H2,(H,13,14). The Bertz CT molecular complexity index is 371. The number of benzene rings is 1. The van der Waals surface area contributed by atoms with Crippen LogP contribution in [0.4, 0.5) is 0 Å². The van der Waals surface area contributed by atoms with Crippen LogP contribution in [0, 0.1) is 0 Å². The van der Waals surface area contributed by atoms with Crippen LogP contribution in [0.5, 0.6) is 11.5 Å².